The van der Waals surface area contributed by atoms with Crippen molar-refractivity contribution in [1.29, 1.82) is 0 Å². The van der Waals surface area contributed by atoms with Crippen LogP contribution >= 0.6 is 43.2 Å². The molecule has 0 aliphatic rings. The fraction of sp³-hybridized carbons (Fsp3) is 0.455. The fourth-order valence-electron chi connectivity index (χ4n) is 1.40. The third-order valence-corrected chi connectivity index (χ3v) is 5.01. The highest BCUT2D eigenvalue weighted by Crippen LogP contribution is 2.31. The average Bonchev–Trinajstić information content (AvgIpc) is 2.63. The van der Waals surface area contributed by atoms with E-state index in [1.807, 2.05) is 6.92 Å². The highest BCUT2D eigenvalue weighted by Gasteiger charge is 2.26. The van der Waals surface area contributed by atoms with Gasteiger partial charge in [0.1, 0.15) is 6.04 Å². The van der Waals surface area contributed by atoms with Gasteiger partial charge in [-0.1, -0.05) is 20.3 Å². The maximum absolute atomic E-state index is 12.0. The summed E-state index contributed by atoms with van der Waals surface area (Å²) in [5.41, 5.74) is 0.446. The first-order valence-corrected chi connectivity index (χ1v) is 7.75. The molecule has 2 N–H and O–H groups in total. The largest absolute Gasteiger partial charge is 0.480 e. The average molecular weight is 399 g/mol. The molecule has 1 unspecified atom stereocenters. The van der Waals surface area contributed by atoms with Gasteiger partial charge < -0.3 is 10.4 Å². The Kier molecular flexibility index (Phi) is 5.81. The zero-order chi connectivity index (χ0) is 13.9. The molecule has 100 valence electrons. The first-order valence-electron chi connectivity index (χ1n) is 5.35. The second kappa shape index (κ2) is 6.68. The molecule has 1 aromatic heterocycles. The van der Waals surface area contributed by atoms with Gasteiger partial charge in [0.25, 0.3) is 5.91 Å². The highest BCUT2D eigenvalue weighted by molar-refractivity contribution is 9.12. The number of carbonyl (C=O) groups excluding carboxylic acids is 1. The van der Waals surface area contributed by atoms with Crippen LogP contribution in [0.15, 0.2) is 13.6 Å². The number of carboxylic acids is 1. The lowest BCUT2D eigenvalue weighted by Crippen LogP contribution is -2.45. The van der Waals surface area contributed by atoms with Crippen LogP contribution in [0.25, 0.3) is 0 Å². The number of nitrogens with one attached hydrogen (secondary N) is 1. The van der Waals surface area contributed by atoms with E-state index in [0.29, 0.717) is 15.8 Å². The smallest absolute Gasteiger partial charge is 0.326 e. The minimum absolute atomic E-state index is 0.118. The van der Waals surface area contributed by atoms with Crippen LogP contribution in [0, 0.1) is 5.92 Å². The number of rotatable bonds is 5. The van der Waals surface area contributed by atoms with Crippen LogP contribution in [0.2, 0.25) is 0 Å². The molecule has 1 aromatic rings. The second-order valence-electron chi connectivity index (χ2n) is 3.91. The van der Waals surface area contributed by atoms with Crippen molar-refractivity contribution in [2.45, 2.75) is 26.3 Å². The molecule has 0 aromatic carbocycles. The van der Waals surface area contributed by atoms with Crippen LogP contribution in [0.3, 0.4) is 0 Å². The van der Waals surface area contributed by atoms with Crippen molar-refractivity contribution in [3.05, 3.63) is 19.2 Å². The van der Waals surface area contributed by atoms with E-state index < -0.39 is 12.0 Å². The third-order valence-electron chi connectivity index (χ3n) is 2.67. The van der Waals surface area contributed by atoms with Gasteiger partial charge in [0.2, 0.25) is 0 Å². The summed E-state index contributed by atoms with van der Waals surface area (Å²) in [6, 6.07) is 0.799. The van der Waals surface area contributed by atoms with Crippen LogP contribution in [0.4, 0.5) is 0 Å². The van der Waals surface area contributed by atoms with E-state index in [1.165, 1.54) is 11.3 Å². The van der Waals surface area contributed by atoms with Crippen LogP contribution in [-0.2, 0) is 4.79 Å². The minimum Gasteiger partial charge on any atom is -0.480 e. The van der Waals surface area contributed by atoms with Gasteiger partial charge in [-0.05, 0) is 43.8 Å². The predicted octanol–water partition coefficient (Wildman–Crippen LogP) is 3.50. The lowest BCUT2D eigenvalue weighted by molar-refractivity contribution is -0.140. The molecule has 0 spiro atoms. The Hall–Kier alpha value is -0.400. The van der Waals surface area contributed by atoms with Gasteiger partial charge in [0, 0.05) is 0 Å². The molecule has 0 bridgehead atoms. The lowest BCUT2D eigenvalue weighted by atomic mass is 9.99. The van der Waals surface area contributed by atoms with Crippen molar-refractivity contribution < 1.29 is 14.7 Å². The van der Waals surface area contributed by atoms with Crippen molar-refractivity contribution >= 4 is 55.1 Å². The van der Waals surface area contributed by atoms with Crippen LogP contribution in [0.1, 0.15) is 30.6 Å². The Labute approximate surface area is 126 Å². The molecule has 0 saturated carbocycles. The molecule has 4 nitrogen and oxygen atoms in total. The molecule has 18 heavy (non-hydrogen) atoms. The van der Waals surface area contributed by atoms with Crippen molar-refractivity contribution in [3.8, 4) is 0 Å². The molecule has 7 heteroatoms. The Balaban J connectivity index is 2.85. The summed E-state index contributed by atoms with van der Waals surface area (Å²) in [7, 11) is 0. The molecule has 1 rings (SSSR count). The van der Waals surface area contributed by atoms with E-state index >= 15 is 0 Å². The zero-order valence-electron chi connectivity index (χ0n) is 9.87. The summed E-state index contributed by atoms with van der Waals surface area (Å²) < 4.78 is 1.50. The summed E-state index contributed by atoms with van der Waals surface area (Å²) in [5.74, 6) is -1.51. The van der Waals surface area contributed by atoms with E-state index in [4.69, 9.17) is 5.11 Å². The zero-order valence-corrected chi connectivity index (χ0v) is 13.9. The van der Waals surface area contributed by atoms with E-state index in [1.54, 1.807) is 13.0 Å². The van der Waals surface area contributed by atoms with E-state index in [0.717, 1.165) is 3.79 Å². The molecule has 0 fully saturated rings. The SMILES string of the molecule is CCC(C)[C@H](NC(=O)c1cc(Br)sc1Br)C(=O)O. The summed E-state index contributed by atoms with van der Waals surface area (Å²) in [6.07, 6.45) is 0.686. The van der Waals surface area contributed by atoms with Gasteiger partial charge in [-0.25, -0.2) is 4.79 Å². The Morgan fingerprint density at radius 3 is 2.50 bits per heavy atom. The fourth-order valence-corrected chi connectivity index (χ4v) is 4.19. The molecular formula is C11H13Br2NO3S. The summed E-state index contributed by atoms with van der Waals surface area (Å²) in [4.78, 5) is 23.1. The molecular weight excluding hydrogens is 386 g/mol. The monoisotopic (exact) mass is 397 g/mol. The molecule has 0 saturated heterocycles. The number of halogens is 2. The van der Waals surface area contributed by atoms with Gasteiger partial charge in [-0.2, -0.15) is 0 Å². The van der Waals surface area contributed by atoms with E-state index in [9.17, 15) is 9.59 Å². The lowest BCUT2D eigenvalue weighted by Gasteiger charge is -2.19. The maximum atomic E-state index is 12.0. The third kappa shape index (κ3) is 3.80. The van der Waals surface area contributed by atoms with Crippen LogP contribution < -0.4 is 5.32 Å². The highest BCUT2D eigenvalue weighted by atomic mass is 79.9. The van der Waals surface area contributed by atoms with Gasteiger partial charge in [-0.15, -0.1) is 11.3 Å². The number of amides is 1. The van der Waals surface area contributed by atoms with Crippen molar-refractivity contribution in [1.82, 2.24) is 5.32 Å². The summed E-state index contributed by atoms with van der Waals surface area (Å²) in [6.45, 7) is 3.70. The molecule has 1 heterocycles. The summed E-state index contributed by atoms with van der Waals surface area (Å²) in [5, 5.41) is 11.7. The van der Waals surface area contributed by atoms with E-state index in [2.05, 4.69) is 37.2 Å². The Morgan fingerprint density at radius 1 is 1.50 bits per heavy atom. The van der Waals surface area contributed by atoms with Crippen molar-refractivity contribution in [2.24, 2.45) is 5.92 Å². The number of hydrogen-bond acceptors (Lipinski definition) is 3. The number of aliphatic carboxylic acids is 1. The molecule has 1 amide bonds. The number of carboxylic acid groups (broad SMARTS) is 1. The number of hydrogen-bond donors (Lipinski definition) is 2. The molecule has 0 radical (unpaired) electrons. The van der Waals surface area contributed by atoms with Crippen molar-refractivity contribution in [2.75, 3.05) is 0 Å². The Bertz CT molecular complexity index is 461. The summed E-state index contributed by atoms with van der Waals surface area (Å²) >= 11 is 7.93. The normalized spacial score (nSPS) is 14.0. The number of thiophene rings is 1. The van der Waals surface area contributed by atoms with Gasteiger partial charge in [0.15, 0.2) is 0 Å². The van der Waals surface area contributed by atoms with Crippen molar-refractivity contribution in [3.63, 3.8) is 0 Å². The second-order valence-corrected chi connectivity index (χ2v) is 7.66. The molecule has 2 atom stereocenters. The quantitative estimate of drug-likeness (QED) is 0.797. The van der Waals surface area contributed by atoms with Gasteiger partial charge >= 0.3 is 5.97 Å². The van der Waals surface area contributed by atoms with Crippen LogP contribution in [-0.4, -0.2) is 23.0 Å². The molecule has 0 aliphatic heterocycles. The van der Waals surface area contributed by atoms with Gasteiger partial charge in [0.05, 0.1) is 13.1 Å². The van der Waals surface area contributed by atoms with Crippen LogP contribution in [0.5, 0.6) is 0 Å². The first kappa shape index (κ1) is 15.7. The predicted molar refractivity (Wildman–Crippen MR) is 78.1 cm³/mol. The standard InChI is InChI=1S/C11H13Br2NO3S/c1-3-5(2)8(11(16)17)14-10(15)6-4-7(12)18-9(6)13/h4-5,8H,3H2,1-2H3,(H,14,15)(H,16,17)/t5?,8-/m0/s1. The van der Waals surface area contributed by atoms with E-state index in [-0.39, 0.29) is 11.8 Å². The topological polar surface area (TPSA) is 66.4 Å². The minimum atomic E-state index is -1.01. The molecule has 0 aliphatic carbocycles. The number of carbonyl (C=O) groups is 2. The maximum Gasteiger partial charge on any atom is 0.326 e. The first-order chi connectivity index (χ1) is 8.36. The Morgan fingerprint density at radius 2 is 2.11 bits per heavy atom. The van der Waals surface area contributed by atoms with Gasteiger partial charge in [-0.3, -0.25) is 4.79 Å².